The second-order valence-electron chi connectivity index (χ2n) is 4.02. The van der Waals surface area contributed by atoms with Crippen molar-refractivity contribution in [3.63, 3.8) is 0 Å². The molecule has 0 bridgehead atoms. The highest BCUT2D eigenvalue weighted by molar-refractivity contribution is 9.10. The number of aromatic nitrogens is 1. The van der Waals surface area contributed by atoms with Crippen LogP contribution in [0.2, 0.25) is 5.02 Å². The smallest absolute Gasteiger partial charge is 0.339 e. The van der Waals surface area contributed by atoms with Crippen molar-refractivity contribution >= 4 is 44.9 Å². The van der Waals surface area contributed by atoms with Crippen LogP contribution in [0.4, 0.5) is 30.5 Å². The number of anilines is 3. The molecule has 0 unspecified atom stereocenters. The Morgan fingerprint density at radius 1 is 1.14 bits per heavy atom. The maximum Gasteiger partial charge on any atom is 0.416 e. The molecule has 2 aromatic rings. The van der Waals surface area contributed by atoms with Crippen LogP contribution in [0.5, 0.6) is 0 Å². The van der Waals surface area contributed by atoms with E-state index in [1.807, 2.05) is 0 Å². The molecule has 0 amide bonds. The van der Waals surface area contributed by atoms with Crippen molar-refractivity contribution in [1.29, 1.82) is 0 Å². The zero-order valence-corrected chi connectivity index (χ0v) is 12.6. The fraction of sp³-hybridized carbons (Fsp3) is 0.0833. The topological polar surface area (TPSA) is 63.0 Å². The number of rotatable bonds is 3. The van der Waals surface area contributed by atoms with Gasteiger partial charge in [0, 0.05) is 9.50 Å². The summed E-state index contributed by atoms with van der Waals surface area (Å²) in [6, 6.07) is 6.57. The first-order valence-corrected chi connectivity index (χ1v) is 6.74. The van der Waals surface area contributed by atoms with Crippen LogP contribution in [0.15, 0.2) is 34.8 Å². The number of hydrogen-bond donors (Lipinski definition) is 3. The first-order chi connectivity index (χ1) is 9.79. The lowest BCUT2D eigenvalue weighted by molar-refractivity contribution is -0.137. The van der Waals surface area contributed by atoms with E-state index in [0.717, 1.165) is 12.1 Å². The number of pyridine rings is 1. The van der Waals surface area contributed by atoms with Gasteiger partial charge < -0.3 is 10.7 Å². The molecule has 0 aliphatic rings. The van der Waals surface area contributed by atoms with Crippen molar-refractivity contribution < 1.29 is 13.2 Å². The summed E-state index contributed by atoms with van der Waals surface area (Å²) in [6.45, 7) is 0. The van der Waals surface area contributed by atoms with Gasteiger partial charge >= 0.3 is 6.18 Å². The van der Waals surface area contributed by atoms with Crippen LogP contribution in [-0.4, -0.2) is 4.98 Å². The maximum absolute atomic E-state index is 12.8. The van der Waals surface area contributed by atoms with E-state index >= 15 is 0 Å². The Kier molecular flexibility index (Phi) is 4.60. The van der Waals surface area contributed by atoms with Crippen molar-refractivity contribution in [2.45, 2.75) is 6.18 Å². The van der Waals surface area contributed by atoms with Crippen molar-refractivity contribution in [3.05, 3.63) is 45.4 Å². The average molecular weight is 382 g/mol. The Balaban J connectivity index is 2.42. The quantitative estimate of drug-likeness (QED) is 0.539. The van der Waals surface area contributed by atoms with Gasteiger partial charge in [-0.3, -0.25) is 0 Å². The number of hydrogen-bond acceptors (Lipinski definition) is 4. The van der Waals surface area contributed by atoms with E-state index in [2.05, 4.69) is 31.7 Å². The highest BCUT2D eigenvalue weighted by Gasteiger charge is 2.31. The Morgan fingerprint density at radius 3 is 2.43 bits per heavy atom. The zero-order valence-electron chi connectivity index (χ0n) is 10.3. The number of nitrogens with two attached hydrogens (primary N) is 1. The molecule has 1 heterocycles. The van der Waals surface area contributed by atoms with Crippen molar-refractivity contribution in [1.82, 2.24) is 4.98 Å². The number of halogens is 5. The molecule has 0 spiro atoms. The molecular weight excluding hydrogens is 373 g/mol. The molecule has 9 heteroatoms. The molecule has 1 aromatic heterocycles. The maximum atomic E-state index is 12.8. The molecule has 0 aliphatic heterocycles. The van der Waals surface area contributed by atoms with Crippen LogP contribution in [0.3, 0.4) is 0 Å². The summed E-state index contributed by atoms with van der Waals surface area (Å²) < 4.78 is 39.1. The summed E-state index contributed by atoms with van der Waals surface area (Å²) in [4.78, 5) is 3.92. The van der Waals surface area contributed by atoms with Gasteiger partial charge in [-0.25, -0.2) is 10.8 Å². The van der Waals surface area contributed by atoms with Gasteiger partial charge in [-0.15, -0.1) is 0 Å². The SMILES string of the molecule is NNc1cc(C(F)(F)F)cc(Nc2cc(Cl)ccc2Br)n1. The molecule has 4 N–H and O–H groups in total. The van der Waals surface area contributed by atoms with Crippen LogP contribution < -0.4 is 16.6 Å². The van der Waals surface area contributed by atoms with E-state index in [4.69, 9.17) is 17.4 Å². The van der Waals surface area contributed by atoms with E-state index in [1.54, 1.807) is 18.2 Å². The van der Waals surface area contributed by atoms with E-state index in [1.165, 1.54) is 0 Å². The Labute approximate surface area is 131 Å². The fourth-order valence-electron chi connectivity index (χ4n) is 1.56. The monoisotopic (exact) mass is 380 g/mol. The second-order valence-corrected chi connectivity index (χ2v) is 5.31. The number of nitrogens with one attached hydrogen (secondary N) is 2. The minimum atomic E-state index is -4.50. The standard InChI is InChI=1S/C12H9BrClF3N4/c13-8-2-1-7(14)5-9(8)19-10-3-6(12(15,16)17)4-11(20-10)21-18/h1-5H,18H2,(H2,19,20,21). The summed E-state index contributed by atoms with van der Waals surface area (Å²) in [5.74, 6) is 5.02. The Bertz CT molecular complexity index is 663. The predicted octanol–water partition coefficient (Wildman–Crippen LogP) is 4.55. The van der Waals surface area contributed by atoms with Crippen LogP contribution >= 0.6 is 27.5 Å². The van der Waals surface area contributed by atoms with Crippen molar-refractivity contribution in [2.75, 3.05) is 10.7 Å². The lowest BCUT2D eigenvalue weighted by Gasteiger charge is -2.13. The normalized spacial score (nSPS) is 11.3. The summed E-state index contributed by atoms with van der Waals surface area (Å²) in [5.41, 5.74) is 1.72. The van der Waals surface area contributed by atoms with Gasteiger partial charge in [0.15, 0.2) is 0 Å². The number of nitrogens with zero attached hydrogens (tertiary/aromatic N) is 1. The third kappa shape index (κ3) is 3.99. The zero-order chi connectivity index (χ0) is 15.6. The molecular formula is C12H9BrClF3N4. The number of nitrogen functional groups attached to an aromatic ring is 1. The minimum absolute atomic E-state index is 0.0132. The molecule has 1 aromatic carbocycles. The Hall–Kier alpha value is -1.51. The third-order valence-corrected chi connectivity index (χ3v) is 3.42. The van der Waals surface area contributed by atoms with Gasteiger partial charge in [-0.05, 0) is 46.3 Å². The van der Waals surface area contributed by atoms with Crippen LogP contribution in [0, 0.1) is 0 Å². The summed E-state index contributed by atoms with van der Waals surface area (Å²) >= 11 is 9.12. The molecule has 21 heavy (non-hydrogen) atoms. The lowest BCUT2D eigenvalue weighted by Crippen LogP contribution is -2.13. The third-order valence-electron chi connectivity index (χ3n) is 2.49. The number of hydrazine groups is 1. The molecule has 0 saturated heterocycles. The summed E-state index contributed by atoms with van der Waals surface area (Å²) in [6.07, 6.45) is -4.50. The van der Waals surface area contributed by atoms with Crippen molar-refractivity contribution in [3.8, 4) is 0 Å². The number of alkyl halides is 3. The highest BCUT2D eigenvalue weighted by Crippen LogP contribution is 2.34. The van der Waals surface area contributed by atoms with Gasteiger partial charge in [0.1, 0.15) is 11.6 Å². The fourth-order valence-corrected chi connectivity index (χ4v) is 2.08. The highest BCUT2D eigenvalue weighted by atomic mass is 79.9. The predicted molar refractivity (Wildman–Crippen MR) is 79.5 cm³/mol. The second kappa shape index (κ2) is 6.08. The van der Waals surface area contributed by atoms with Gasteiger partial charge in [0.05, 0.1) is 11.3 Å². The van der Waals surface area contributed by atoms with Crippen LogP contribution in [0.1, 0.15) is 5.56 Å². The molecule has 0 fully saturated rings. The molecule has 0 aliphatic carbocycles. The van der Waals surface area contributed by atoms with Crippen molar-refractivity contribution in [2.24, 2.45) is 5.84 Å². The number of benzene rings is 1. The molecule has 0 radical (unpaired) electrons. The van der Waals surface area contributed by atoms with Gasteiger partial charge in [-0.2, -0.15) is 13.2 Å². The van der Waals surface area contributed by atoms with Gasteiger partial charge in [0.2, 0.25) is 0 Å². The van der Waals surface area contributed by atoms with Gasteiger partial charge in [-0.1, -0.05) is 11.6 Å². The molecule has 2 rings (SSSR count). The van der Waals surface area contributed by atoms with Crippen LogP contribution in [0.25, 0.3) is 0 Å². The molecule has 112 valence electrons. The van der Waals surface area contributed by atoms with E-state index in [-0.39, 0.29) is 11.6 Å². The van der Waals surface area contributed by atoms with E-state index < -0.39 is 11.7 Å². The van der Waals surface area contributed by atoms with E-state index in [9.17, 15) is 13.2 Å². The Morgan fingerprint density at radius 2 is 1.81 bits per heavy atom. The molecule has 0 atom stereocenters. The van der Waals surface area contributed by atoms with Crippen LogP contribution in [-0.2, 0) is 6.18 Å². The first-order valence-electron chi connectivity index (χ1n) is 5.57. The first kappa shape index (κ1) is 15.9. The molecule has 0 saturated carbocycles. The lowest BCUT2D eigenvalue weighted by atomic mass is 10.2. The molecule has 4 nitrogen and oxygen atoms in total. The minimum Gasteiger partial charge on any atom is -0.339 e. The van der Waals surface area contributed by atoms with E-state index in [0.29, 0.717) is 15.2 Å². The van der Waals surface area contributed by atoms with Gasteiger partial charge in [0.25, 0.3) is 0 Å². The summed E-state index contributed by atoms with van der Waals surface area (Å²) in [5, 5.41) is 3.20. The largest absolute Gasteiger partial charge is 0.416 e. The average Bonchev–Trinajstić information content (AvgIpc) is 2.41. The summed E-state index contributed by atoms with van der Waals surface area (Å²) in [7, 11) is 0.